The number of para-hydroxylation sites is 2. The molecule has 146 valence electrons. The van der Waals surface area contributed by atoms with Crippen LogP contribution in [0.2, 0.25) is 0 Å². The fourth-order valence-corrected chi connectivity index (χ4v) is 3.93. The second-order valence-corrected chi connectivity index (χ2v) is 7.54. The maximum absolute atomic E-state index is 6.04. The number of thioether (sulfide) groups is 1. The van der Waals surface area contributed by atoms with Gasteiger partial charge in [-0.15, -0.1) is 10.2 Å². The van der Waals surface area contributed by atoms with Crippen molar-refractivity contribution in [2.75, 3.05) is 6.61 Å². The number of ether oxygens (including phenoxy) is 2. The van der Waals surface area contributed by atoms with E-state index in [1.165, 1.54) is 0 Å². The molecular formula is C21H18N4O3S. The average Bonchev–Trinajstić information content (AvgIpc) is 3.39. The first-order valence-electron chi connectivity index (χ1n) is 9.19. The van der Waals surface area contributed by atoms with Crippen LogP contribution in [0.3, 0.4) is 0 Å². The summed E-state index contributed by atoms with van der Waals surface area (Å²) in [5.74, 6) is 3.59. The van der Waals surface area contributed by atoms with Gasteiger partial charge in [-0.2, -0.15) is 0 Å². The van der Waals surface area contributed by atoms with Crippen LogP contribution in [0, 0.1) is 0 Å². The van der Waals surface area contributed by atoms with E-state index in [1.807, 2.05) is 72.3 Å². The average molecular weight is 406 g/mol. The zero-order valence-electron chi connectivity index (χ0n) is 15.7. The van der Waals surface area contributed by atoms with E-state index in [1.54, 1.807) is 11.8 Å². The van der Waals surface area contributed by atoms with Crippen LogP contribution in [0.1, 0.15) is 17.6 Å². The molecule has 0 bridgehead atoms. The Hall–Kier alpha value is -3.26. The Kier molecular flexibility index (Phi) is 4.69. The van der Waals surface area contributed by atoms with Crippen LogP contribution in [0.4, 0.5) is 0 Å². The molecule has 4 aromatic rings. The SMILES string of the molecule is Cn1c(SCc2cc(-c3ccccc3)on2)nnc1[C@H]1COc2ccccc2O1. The summed E-state index contributed by atoms with van der Waals surface area (Å²) in [6, 6.07) is 19.5. The van der Waals surface area contributed by atoms with Gasteiger partial charge in [0.05, 0.1) is 5.69 Å². The molecule has 29 heavy (non-hydrogen) atoms. The van der Waals surface area contributed by atoms with Gasteiger partial charge in [-0.1, -0.05) is 59.4 Å². The van der Waals surface area contributed by atoms with Gasteiger partial charge in [0.15, 0.2) is 34.3 Å². The van der Waals surface area contributed by atoms with Crippen molar-refractivity contribution in [1.29, 1.82) is 0 Å². The topological polar surface area (TPSA) is 75.2 Å². The molecule has 0 N–H and O–H groups in total. The predicted molar refractivity (Wildman–Crippen MR) is 108 cm³/mol. The van der Waals surface area contributed by atoms with Crippen molar-refractivity contribution >= 4 is 11.8 Å². The van der Waals surface area contributed by atoms with Crippen molar-refractivity contribution in [2.45, 2.75) is 17.0 Å². The van der Waals surface area contributed by atoms with Crippen LogP contribution < -0.4 is 9.47 Å². The summed E-state index contributed by atoms with van der Waals surface area (Å²) in [7, 11) is 1.93. The predicted octanol–water partition coefficient (Wildman–Crippen LogP) is 4.27. The van der Waals surface area contributed by atoms with Crippen molar-refractivity contribution in [1.82, 2.24) is 19.9 Å². The first kappa shape index (κ1) is 17.8. The van der Waals surface area contributed by atoms with Gasteiger partial charge in [-0.3, -0.25) is 0 Å². The van der Waals surface area contributed by atoms with E-state index in [-0.39, 0.29) is 6.10 Å². The Bertz CT molecular complexity index is 1130. The summed E-state index contributed by atoms with van der Waals surface area (Å²) in [5.41, 5.74) is 1.86. The highest BCUT2D eigenvalue weighted by atomic mass is 32.2. The third kappa shape index (κ3) is 3.58. The van der Waals surface area contributed by atoms with E-state index in [4.69, 9.17) is 14.0 Å². The van der Waals surface area contributed by atoms with Crippen LogP contribution in [0.15, 0.2) is 70.3 Å². The minimum Gasteiger partial charge on any atom is -0.485 e. The lowest BCUT2D eigenvalue weighted by Crippen LogP contribution is -2.24. The van der Waals surface area contributed by atoms with Crippen molar-refractivity contribution in [3.05, 3.63) is 72.2 Å². The van der Waals surface area contributed by atoms with Gasteiger partial charge in [0.25, 0.3) is 0 Å². The van der Waals surface area contributed by atoms with Crippen molar-refractivity contribution in [3.63, 3.8) is 0 Å². The van der Waals surface area contributed by atoms with Gasteiger partial charge in [-0.05, 0) is 12.1 Å². The quantitative estimate of drug-likeness (QED) is 0.458. The molecule has 0 amide bonds. The van der Waals surface area contributed by atoms with E-state index in [2.05, 4.69) is 15.4 Å². The van der Waals surface area contributed by atoms with Gasteiger partial charge in [0, 0.05) is 24.4 Å². The fourth-order valence-electron chi connectivity index (χ4n) is 3.14. The lowest BCUT2D eigenvalue weighted by molar-refractivity contribution is 0.0825. The lowest BCUT2D eigenvalue weighted by Gasteiger charge is -2.25. The highest BCUT2D eigenvalue weighted by Gasteiger charge is 2.27. The Balaban J connectivity index is 1.27. The molecule has 1 aliphatic rings. The summed E-state index contributed by atoms with van der Waals surface area (Å²) in [6.45, 7) is 0.400. The first-order valence-corrected chi connectivity index (χ1v) is 10.2. The molecule has 0 saturated heterocycles. The maximum Gasteiger partial charge on any atom is 0.192 e. The van der Waals surface area contributed by atoms with Crippen molar-refractivity contribution in [2.24, 2.45) is 7.05 Å². The molecule has 1 aliphatic heterocycles. The second-order valence-electron chi connectivity index (χ2n) is 6.60. The molecule has 0 aliphatic carbocycles. The summed E-state index contributed by atoms with van der Waals surface area (Å²) >= 11 is 1.55. The molecular weight excluding hydrogens is 388 g/mol. The molecule has 2 aromatic heterocycles. The molecule has 1 atom stereocenters. The van der Waals surface area contributed by atoms with Gasteiger partial charge in [0.1, 0.15) is 6.61 Å². The van der Waals surface area contributed by atoms with Crippen LogP contribution in [-0.4, -0.2) is 26.5 Å². The normalized spacial score (nSPS) is 15.4. The fraction of sp³-hybridized carbons (Fsp3) is 0.190. The number of fused-ring (bicyclic) bond motifs is 1. The molecule has 2 aromatic carbocycles. The molecule has 3 heterocycles. The summed E-state index contributed by atoms with van der Waals surface area (Å²) in [5, 5.41) is 13.6. The number of hydrogen-bond donors (Lipinski definition) is 0. The summed E-state index contributed by atoms with van der Waals surface area (Å²) < 4.78 is 19.2. The summed E-state index contributed by atoms with van der Waals surface area (Å²) in [6.07, 6.45) is -0.298. The van der Waals surface area contributed by atoms with Crippen LogP contribution in [0.25, 0.3) is 11.3 Å². The molecule has 5 rings (SSSR count). The van der Waals surface area contributed by atoms with Gasteiger partial charge >= 0.3 is 0 Å². The molecule has 0 saturated carbocycles. The highest BCUT2D eigenvalue weighted by molar-refractivity contribution is 7.98. The molecule has 8 heteroatoms. The van der Waals surface area contributed by atoms with Crippen LogP contribution >= 0.6 is 11.8 Å². The number of aromatic nitrogens is 4. The van der Waals surface area contributed by atoms with Crippen molar-refractivity contribution < 1.29 is 14.0 Å². The van der Waals surface area contributed by atoms with Crippen LogP contribution in [0.5, 0.6) is 11.5 Å². The molecule has 0 spiro atoms. The first-order chi connectivity index (χ1) is 14.3. The minimum absolute atomic E-state index is 0.298. The molecule has 7 nitrogen and oxygen atoms in total. The lowest BCUT2D eigenvalue weighted by atomic mass is 10.2. The van der Waals surface area contributed by atoms with E-state index >= 15 is 0 Å². The Morgan fingerprint density at radius 3 is 2.69 bits per heavy atom. The number of benzene rings is 2. The molecule has 0 unspecified atom stereocenters. The minimum atomic E-state index is -0.298. The zero-order valence-corrected chi connectivity index (χ0v) is 16.5. The monoisotopic (exact) mass is 406 g/mol. The Morgan fingerprint density at radius 1 is 1.03 bits per heavy atom. The Labute approximate surface area is 171 Å². The molecule has 0 radical (unpaired) electrons. The van der Waals surface area contributed by atoms with Crippen molar-refractivity contribution in [3.8, 4) is 22.8 Å². The second kappa shape index (κ2) is 7.63. The highest BCUT2D eigenvalue weighted by Crippen LogP contribution is 2.36. The Morgan fingerprint density at radius 2 is 1.83 bits per heavy atom. The smallest absolute Gasteiger partial charge is 0.192 e. The maximum atomic E-state index is 6.04. The van der Waals surface area contributed by atoms with Gasteiger partial charge in [0.2, 0.25) is 0 Å². The van der Waals surface area contributed by atoms with E-state index < -0.39 is 0 Å². The van der Waals surface area contributed by atoms with E-state index in [0.29, 0.717) is 12.4 Å². The third-order valence-corrected chi connectivity index (χ3v) is 5.69. The standard InChI is InChI=1S/C21H18N4O3S/c1-25-20(19-12-26-16-9-5-6-10-17(16)27-19)22-23-21(25)29-13-15-11-18(28-24-15)14-7-3-2-4-8-14/h2-11,19H,12-13H2,1H3/t19-/m1/s1. The number of hydrogen-bond acceptors (Lipinski definition) is 7. The largest absolute Gasteiger partial charge is 0.485 e. The van der Waals surface area contributed by atoms with E-state index in [0.717, 1.165) is 39.5 Å². The molecule has 0 fully saturated rings. The third-order valence-electron chi connectivity index (χ3n) is 4.63. The van der Waals surface area contributed by atoms with E-state index in [9.17, 15) is 0 Å². The summed E-state index contributed by atoms with van der Waals surface area (Å²) in [4.78, 5) is 0. The number of nitrogens with zero attached hydrogens (tertiary/aromatic N) is 4. The van der Waals surface area contributed by atoms with Gasteiger partial charge < -0.3 is 18.6 Å². The van der Waals surface area contributed by atoms with Gasteiger partial charge in [-0.25, -0.2) is 0 Å². The van der Waals surface area contributed by atoms with Crippen LogP contribution in [-0.2, 0) is 12.8 Å². The zero-order chi connectivity index (χ0) is 19.6. The number of rotatable bonds is 5.